The van der Waals surface area contributed by atoms with E-state index in [0.29, 0.717) is 6.42 Å². The summed E-state index contributed by atoms with van der Waals surface area (Å²) in [4.78, 5) is 0. The average Bonchev–Trinajstić information content (AvgIpc) is 2.84. The Bertz CT molecular complexity index is 525. The summed E-state index contributed by atoms with van der Waals surface area (Å²) in [6.45, 7) is 0.120. The number of aromatic nitrogens is 3. The zero-order valence-corrected chi connectivity index (χ0v) is 11.3. The van der Waals surface area contributed by atoms with Crippen LogP contribution in [-0.2, 0) is 19.9 Å². The number of aliphatic hydroxyl groups is 1. The molecule has 1 unspecified atom stereocenters. The van der Waals surface area contributed by atoms with E-state index in [1.807, 2.05) is 37.5 Å². The van der Waals surface area contributed by atoms with Crippen LogP contribution in [0.5, 0.6) is 5.75 Å². The molecule has 0 amide bonds. The molecule has 0 saturated heterocycles. The van der Waals surface area contributed by atoms with E-state index >= 15 is 0 Å². The van der Waals surface area contributed by atoms with Crippen molar-refractivity contribution in [1.82, 2.24) is 15.0 Å². The Morgan fingerprint density at radius 1 is 1.32 bits per heavy atom. The molecule has 0 saturated carbocycles. The molecule has 0 spiro atoms. The van der Waals surface area contributed by atoms with Crippen molar-refractivity contribution >= 4 is 0 Å². The van der Waals surface area contributed by atoms with E-state index < -0.39 is 0 Å². The van der Waals surface area contributed by atoms with Crippen molar-refractivity contribution in [2.45, 2.75) is 12.8 Å². The predicted octanol–water partition coefficient (Wildman–Crippen LogP) is 1.22. The van der Waals surface area contributed by atoms with Gasteiger partial charge < -0.3 is 9.84 Å². The summed E-state index contributed by atoms with van der Waals surface area (Å²) in [7, 11) is 3.50. The van der Waals surface area contributed by atoms with Crippen LogP contribution < -0.4 is 4.74 Å². The largest absolute Gasteiger partial charge is 0.496 e. The van der Waals surface area contributed by atoms with Crippen LogP contribution in [0.3, 0.4) is 0 Å². The molecule has 5 heteroatoms. The lowest BCUT2D eigenvalue weighted by molar-refractivity contribution is 0.223. The van der Waals surface area contributed by atoms with Gasteiger partial charge >= 0.3 is 0 Å². The van der Waals surface area contributed by atoms with E-state index in [0.717, 1.165) is 23.4 Å². The molecule has 0 aliphatic carbocycles. The molecule has 2 aromatic rings. The quantitative estimate of drug-likeness (QED) is 0.849. The highest BCUT2D eigenvalue weighted by Gasteiger charge is 2.14. The van der Waals surface area contributed by atoms with Gasteiger partial charge in [-0.05, 0) is 30.4 Å². The highest BCUT2D eigenvalue weighted by atomic mass is 16.5. The zero-order chi connectivity index (χ0) is 13.7. The number of hydrogen-bond donors (Lipinski definition) is 1. The third-order valence-corrected chi connectivity index (χ3v) is 3.11. The Morgan fingerprint density at radius 3 is 2.74 bits per heavy atom. The minimum atomic E-state index is 0.119. The molecule has 5 nitrogen and oxygen atoms in total. The Balaban J connectivity index is 2.06. The van der Waals surface area contributed by atoms with E-state index in [4.69, 9.17) is 4.74 Å². The van der Waals surface area contributed by atoms with Gasteiger partial charge in [0.15, 0.2) is 0 Å². The minimum Gasteiger partial charge on any atom is -0.496 e. The summed E-state index contributed by atoms with van der Waals surface area (Å²) in [5.74, 6) is 0.980. The Labute approximate surface area is 112 Å². The van der Waals surface area contributed by atoms with Crippen molar-refractivity contribution in [2.24, 2.45) is 13.0 Å². The number of nitrogens with zero attached hydrogens (tertiary/aromatic N) is 3. The first-order valence-electron chi connectivity index (χ1n) is 6.31. The van der Waals surface area contributed by atoms with Crippen molar-refractivity contribution in [3.05, 3.63) is 41.7 Å². The Hall–Kier alpha value is -1.88. The summed E-state index contributed by atoms with van der Waals surface area (Å²) < 4.78 is 7.00. The topological polar surface area (TPSA) is 60.2 Å². The number of rotatable bonds is 6. The highest BCUT2D eigenvalue weighted by Crippen LogP contribution is 2.22. The summed E-state index contributed by atoms with van der Waals surface area (Å²) in [5.41, 5.74) is 2.00. The molecule has 0 aliphatic heterocycles. The molecule has 102 valence electrons. The summed E-state index contributed by atoms with van der Waals surface area (Å²) in [5, 5.41) is 17.5. The second-order valence-corrected chi connectivity index (χ2v) is 4.65. The molecule has 1 aromatic heterocycles. The van der Waals surface area contributed by atoms with Crippen LogP contribution in [0.25, 0.3) is 0 Å². The van der Waals surface area contributed by atoms with Crippen molar-refractivity contribution in [1.29, 1.82) is 0 Å². The fourth-order valence-electron chi connectivity index (χ4n) is 2.17. The fourth-order valence-corrected chi connectivity index (χ4v) is 2.17. The molecular weight excluding hydrogens is 242 g/mol. The maximum absolute atomic E-state index is 9.52. The lowest BCUT2D eigenvalue weighted by Crippen LogP contribution is -2.13. The van der Waals surface area contributed by atoms with Crippen molar-refractivity contribution in [2.75, 3.05) is 13.7 Å². The van der Waals surface area contributed by atoms with Crippen LogP contribution >= 0.6 is 0 Å². The molecule has 1 N–H and O–H groups in total. The average molecular weight is 261 g/mol. The second kappa shape index (κ2) is 6.33. The standard InChI is InChI=1S/C14H19N3O2/c1-17-9-13(15-16-17)8-11(10-18)7-12-5-3-4-6-14(12)19-2/h3-6,9,11,18H,7-8,10H2,1-2H3. The molecule has 2 rings (SSSR count). The van der Waals surface area contributed by atoms with Gasteiger partial charge in [0.1, 0.15) is 5.75 Å². The number of benzene rings is 1. The van der Waals surface area contributed by atoms with E-state index in [1.54, 1.807) is 11.8 Å². The molecule has 0 radical (unpaired) electrons. The van der Waals surface area contributed by atoms with E-state index in [9.17, 15) is 5.11 Å². The van der Waals surface area contributed by atoms with Gasteiger partial charge in [-0.3, -0.25) is 4.68 Å². The van der Waals surface area contributed by atoms with Crippen LogP contribution in [0.2, 0.25) is 0 Å². The molecular formula is C14H19N3O2. The highest BCUT2D eigenvalue weighted by molar-refractivity contribution is 5.33. The molecule has 1 atom stereocenters. The lowest BCUT2D eigenvalue weighted by atomic mass is 9.95. The summed E-state index contributed by atoms with van der Waals surface area (Å²) in [6, 6.07) is 7.89. The molecule has 0 bridgehead atoms. The first-order valence-corrected chi connectivity index (χ1v) is 6.31. The van der Waals surface area contributed by atoms with Crippen LogP contribution in [0.15, 0.2) is 30.5 Å². The monoisotopic (exact) mass is 261 g/mol. The van der Waals surface area contributed by atoms with Crippen molar-refractivity contribution < 1.29 is 9.84 Å². The fraction of sp³-hybridized carbons (Fsp3) is 0.429. The van der Waals surface area contributed by atoms with Crippen LogP contribution in [-0.4, -0.2) is 33.8 Å². The van der Waals surface area contributed by atoms with Crippen LogP contribution in [0, 0.1) is 5.92 Å². The van der Waals surface area contributed by atoms with Gasteiger partial charge in [0.05, 0.1) is 12.8 Å². The normalized spacial score (nSPS) is 12.4. The van der Waals surface area contributed by atoms with Gasteiger partial charge in [0, 0.05) is 19.9 Å². The summed E-state index contributed by atoms with van der Waals surface area (Å²) in [6.07, 6.45) is 3.35. The summed E-state index contributed by atoms with van der Waals surface area (Å²) >= 11 is 0. The maximum Gasteiger partial charge on any atom is 0.122 e. The molecule has 1 heterocycles. The number of ether oxygens (including phenoxy) is 1. The minimum absolute atomic E-state index is 0.119. The number of aryl methyl sites for hydroxylation is 1. The van der Waals surface area contributed by atoms with E-state index in [-0.39, 0.29) is 12.5 Å². The number of para-hydroxylation sites is 1. The number of hydrogen-bond acceptors (Lipinski definition) is 4. The van der Waals surface area contributed by atoms with Gasteiger partial charge in [-0.15, -0.1) is 5.10 Å². The lowest BCUT2D eigenvalue weighted by Gasteiger charge is -2.14. The molecule has 1 aromatic carbocycles. The van der Waals surface area contributed by atoms with Gasteiger partial charge in [-0.2, -0.15) is 0 Å². The molecule has 19 heavy (non-hydrogen) atoms. The zero-order valence-electron chi connectivity index (χ0n) is 11.3. The van der Waals surface area contributed by atoms with Crippen molar-refractivity contribution in [3.8, 4) is 5.75 Å². The SMILES string of the molecule is COc1ccccc1CC(CO)Cc1cn(C)nn1. The predicted molar refractivity (Wildman–Crippen MR) is 72.0 cm³/mol. The van der Waals surface area contributed by atoms with Gasteiger partial charge in [-0.25, -0.2) is 0 Å². The van der Waals surface area contributed by atoms with Gasteiger partial charge in [-0.1, -0.05) is 23.4 Å². The first kappa shape index (κ1) is 13.5. The number of aliphatic hydroxyl groups excluding tert-OH is 1. The Kier molecular flexibility index (Phi) is 4.52. The van der Waals surface area contributed by atoms with E-state index in [2.05, 4.69) is 10.3 Å². The smallest absolute Gasteiger partial charge is 0.122 e. The van der Waals surface area contributed by atoms with Gasteiger partial charge in [0.25, 0.3) is 0 Å². The van der Waals surface area contributed by atoms with Crippen molar-refractivity contribution in [3.63, 3.8) is 0 Å². The molecule has 0 fully saturated rings. The van der Waals surface area contributed by atoms with Crippen LogP contribution in [0.4, 0.5) is 0 Å². The third kappa shape index (κ3) is 3.54. The third-order valence-electron chi connectivity index (χ3n) is 3.11. The number of methoxy groups -OCH3 is 1. The Morgan fingerprint density at radius 2 is 2.11 bits per heavy atom. The van der Waals surface area contributed by atoms with Gasteiger partial charge in [0.2, 0.25) is 0 Å². The van der Waals surface area contributed by atoms with E-state index in [1.165, 1.54) is 0 Å². The second-order valence-electron chi connectivity index (χ2n) is 4.65. The molecule has 0 aliphatic rings. The maximum atomic E-state index is 9.52. The first-order chi connectivity index (χ1) is 9.22. The van der Waals surface area contributed by atoms with Crippen LogP contribution in [0.1, 0.15) is 11.3 Å².